The standard InChI is InChI=1S/C15H19FN4O2/c1-8-4-10(12(16)6-18-8)15-7-22-9(2)5-11(15)13(21)20(3)14(17)19-15/h4,6,9,11H,5,7H2,1-3H3,(H2,17,19)/t9-,11-,15+/m0/s1. The van der Waals surface area contributed by atoms with Crippen molar-refractivity contribution in [3.63, 3.8) is 0 Å². The number of hydrogen-bond acceptors (Lipinski definition) is 5. The van der Waals surface area contributed by atoms with E-state index in [0.717, 1.165) is 6.20 Å². The lowest BCUT2D eigenvalue weighted by Crippen LogP contribution is -2.59. The molecule has 3 rings (SSSR count). The van der Waals surface area contributed by atoms with Crippen molar-refractivity contribution < 1.29 is 13.9 Å². The largest absolute Gasteiger partial charge is 0.376 e. The molecule has 1 saturated heterocycles. The van der Waals surface area contributed by atoms with Gasteiger partial charge < -0.3 is 10.5 Å². The Labute approximate surface area is 128 Å². The van der Waals surface area contributed by atoms with Gasteiger partial charge in [-0.2, -0.15) is 0 Å². The first-order valence-electron chi connectivity index (χ1n) is 7.22. The number of nitrogens with zero attached hydrogens (tertiary/aromatic N) is 3. The van der Waals surface area contributed by atoms with Gasteiger partial charge in [0, 0.05) is 18.3 Å². The van der Waals surface area contributed by atoms with Crippen LogP contribution in [-0.4, -0.2) is 41.5 Å². The van der Waals surface area contributed by atoms with Crippen molar-refractivity contribution in [3.8, 4) is 0 Å². The van der Waals surface area contributed by atoms with Gasteiger partial charge in [0.15, 0.2) is 5.96 Å². The Balaban J connectivity index is 2.22. The minimum atomic E-state index is -1.11. The molecule has 1 fully saturated rings. The second-order valence-electron chi connectivity index (χ2n) is 6.01. The second kappa shape index (κ2) is 5.01. The van der Waals surface area contributed by atoms with Gasteiger partial charge in [-0.05, 0) is 26.3 Å². The van der Waals surface area contributed by atoms with Crippen LogP contribution in [0.2, 0.25) is 0 Å². The molecule has 0 radical (unpaired) electrons. The maximum atomic E-state index is 14.4. The molecular formula is C15H19FN4O2. The molecule has 2 aliphatic rings. The smallest absolute Gasteiger partial charge is 0.235 e. The maximum Gasteiger partial charge on any atom is 0.235 e. The van der Waals surface area contributed by atoms with Crippen LogP contribution in [0.3, 0.4) is 0 Å². The van der Waals surface area contributed by atoms with Crippen LogP contribution < -0.4 is 5.73 Å². The zero-order valence-electron chi connectivity index (χ0n) is 12.8. The number of halogens is 1. The van der Waals surface area contributed by atoms with E-state index in [0.29, 0.717) is 17.7 Å². The van der Waals surface area contributed by atoms with Gasteiger partial charge in [-0.1, -0.05) is 0 Å². The molecule has 2 aliphatic heterocycles. The Hall–Kier alpha value is -2.02. The van der Waals surface area contributed by atoms with Gasteiger partial charge in [0.2, 0.25) is 5.91 Å². The van der Waals surface area contributed by atoms with Crippen molar-refractivity contribution in [2.75, 3.05) is 13.7 Å². The van der Waals surface area contributed by atoms with Gasteiger partial charge in [0.1, 0.15) is 11.4 Å². The first-order chi connectivity index (χ1) is 10.3. The lowest BCUT2D eigenvalue weighted by molar-refractivity contribution is -0.144. The first kappa shape index (κ1) is 14.9. The Morgan fingerprint density at radius 1 is 1.55 bits per heavy atom. The minimum Gasteiger partial charge on any atom is -0.376 e. The summed E-state index contributed by atoms with van der Waals surface area (Å²) in [5, 5.41) is 0. The van der Waals surface area contributed by atoms with E-state index in [1.165, 1.54) is 4.90 Å². The zero-order chi connectivity index (χ0) is 16.1. The molecule has 3 heterocycles. The number of amides is 1. The summed E-state index contributed by atoms with van der Waals surface area (Å²) in [6.45, 7) is 3.79. The molecule has 0 saturated carbocycles. The van der Waals surface area contributed by atoms with Crippen LogP contribution in [0, 0.1) is 18.7 Å². The summed E-state index contributed by atoms with van der Waals surface area (Å²) in [6, 6.07) is 1.62. The van der Waals surface area contributed by atoms with Gasteiger partial charge >= 0.3 is 0 Å². The fourth-order valence-electron chi connectivity index (χ4n) is 3.21. The molecule has 1 amide bonds. The average Bonchev–Trinajstić information content (AvgIpc) is 2.49. The summed E-state index contributed by atoms with van der Waals surface area (Å²) in [6.07, 6.45) is 1.54. The van der Waals surface area contributed by atoms with Crippen LogP contribution in [0.25, 0.3) is 0 Å². The Bertz CT molecular complexity index is 663. The van der Waals surface area contributed by atoms with Crippen molar-refractivity contribution in [2.24, 2.45) is 16.6 Å². The summed E-state index contributed by atoms with van der Waals surface area (Å²) >= 11 is 0. The maximum absolute atomic E-state index is 14.4. The van der Waals surface area contributed by atoms with E-state index in [1.807, 2.05) is 6.92 Å². The molecule has 22 heavy (non-hydrogen) atoms. The van der Waals surface area contributed by atoms with Crippen molar-refractivity contribution in [1.29, 1.82) is 0 Å². The minimum absolute atomic E-state index is 0.0771. The molecule has 0 aromatic carbocycles. The fourth-order valence-corrected chi connectivity index (χ4v) is 3.21. The topological polar surface area (TPSA) is 80.8 Å². The number of aliphatic imine (C=N–C) groups is 1. The SMILES string of the molecule is Cc1cc([C@]23CO[C@@H](C)C[C@H]2C(=O)N(C)C(N)=N3)c(F)cn1. The number of fused-ring (bicyclic) bond motifs is 1. The predicted octanol–water partition coefficient (Wildman–Crippen LogP) is 0.936. The number of pyridine rings is 1. The molecule has 2 N–H and O–H groups in total. The summed E-state index contributed by atoms with van der Waals surface area (Å²) < 4.78 is 20.1. The summed E-state index contributed by atoms with van der Waals surface area (Å²) in [5.74, 6) is -1.07. The molecule has 0 bridgehead atoms. The molecule has 0 unspecified atom stereocenters. The first-order valence-corrected chi connectivity index (χ1v) is 7.22. The van der Waals surface area contributed by atoms with Crippen LogP contribution in [-0.2, 0) is 15.1 Å². The van der Waals surface area contributed by atoms with Crippen molar-refractivity contribution in [2.45, 2.75) is 31.9 Å². The van der Waals surface area contributed by atoms with Gasteiger partial charge in [0.05, 0.1) is 24.8 Å². The quantitative estimate of drug-likeness (QED) is 0.837. The highest BCUT2D eigenvalue weighted by Gasteiger charge is 2.53. The van der Waals surface area contributed by atoms with Crippen LogP contribution in [0.15, 0.2) is 17.3 Å². The number of aromatic nitrogens is 1. The highest BCUT2D eigenvalue weighted by molar-refractivity contribution is 6.00. The number of carbonyl (C=O) groups excluding carboxylic acids is 1. The Morgan fingerprint density at radius 2 is 2.27 bits per heavy atom. The van der Waals surface area contributed by atoms with Crippen LogP contribution in [0.1, 0.15) is 24.6 Å². The molecule has 7 heteroatoms. The highest BCUT2D eigenvalue weighted by Crippen LogP contribution is 2.45. The number of ether oxygens (including phenoxy) is 1. The number of aryl methyl sites for hydroxylation is 1. The molecule has 1 aromatic heterocycles. The van der Waals surface area contributed by atoms with E-state index in [1.54, 1.807) is 20.0 Å². The van der Waals surface area contributed by atoms with E-state index in [4.69, 9.17) is 10.5 Å². The molecule has 3 atom stereocenters. The third-order valence-corrected chi connectivity index (χ3v) is 4.48. The molecule has 6 nitrogen and oxygen atoms in total. The highest BCUT2D eigenvalue weighted by atomic mass is 19.1. The van der Waals surface area contributed by atoms with Gasteiger partial charge in [-0.3, -0.25) is 14.7 Å². The third kappa shape index (κ3) is 2.08. The van der Waals surface area contributed by atoms with Gasteiger partial charge in [0.25, 0.3) is 0 Å². The molecule has 118 valence electrons. The van der Waals surface area contributed by atoms with Crippen LogP contribution in [0.5, 0.6) is 0 Å². The number of carbonyl (C=O) groups is 1. The van der Waals surface area contributed by atoms with Gasteiger partial charge in [-0.25, -0.2) is 9.38 Å². The molecule has 0 spiro atoms. The third-order valence-electron chi connectivity index (χ3n) is 4.48. The number of nitrogens with two attached hydrogens (primary N) is 1. The van der Waals surface area contributed by atoms with E-state index >= 15 is 0 Å². The molecule has 0 aliphatic carbocycles. The van der Waals surface area contributed by atoms with Crippen molar-refractivity contribution in [1.82, 2.24) is 9.88 Å². The van der Waals surface area contributed by atoms with E-state index in [2.05, 4.69) is 9.98 Å². The van der Waals surface area contributed by atoms with Crippen molar-refractivity contribution in [3.05, 3.63) is 29.3 Å². The van der Waals surface area contributed by atoms with E-state index in [-0.39, 0.29) is 24.6 Å². The zero-order valence-corrected chi connectivity index (χ0v) is 12.8. The van der Waals surface area contributed by atoms with Crippen LogP contribution in [0.4, 0.5) is 4.39 Å². The Morgan fingerprint density at radius 3 is 3.00 bits per heavy atom. The number of rotatable bonds is 1. The number of hydrogen-bond donors (Lipinski definition) is 1. The average molecular weight is 306 g/mol. The normalized spacial score (nSPS) is 31.7. The summed E-state index contributed by atoms with van der Waals surface area (Å²) in [7, 11) is 1.58. The number of guanidine groups is 1. The summed E-state index contributed by atoms with van der Waals surface area (Å²) in [5.41, 5.74) is 5.75. The van der Waals surface area contributed by atoms with Crippen LogP contribution >= 0.6 is 0 Å². The summed E-state index contributed by atoms with van der Waals surface area (Å²) in [4.78, 5) is 22.4. The van der Waals surface area contributed by atoms with E-state index < -0.39 is 17.3 Å². The van der Waals surface area contributed by atoms with Crippen molar-refractivity contribution >= 4 is 11.9 Å². The lowest BCUT2D eigenvalue weighted by atomic mass is 9.73. The van der Waals surface area contributed by atoms with E-state index in [9.17, 15) is 9.18 Å². The second-order valence-corrected chi connectivity index (χ2v) is 6.01. The lowest BCUT2D eigenvalue weighted by Gasteiger charge is -2.46. The molecular weight excluding hydrogens is 287 g/mol. The monoisotopic (exact) mass is 306 g/mol. The predicted molar refractivity (Wildman–Crippen MR) is 78.5 cm³/mol. The Kier molecular flexibility index (Phi) is 3.40. The molecule has 1 aromatic rings. The van der Waals surface area contributed by atoms with Gasteiger partial charge in [-0.15, -0.1) is 0 Å². The fraction of sp³-hybridized carbons (Fsp3) is 0.533.